The predicted molar refractivity (Wildman–Crippen MR) is 73.4 cm³/mol. The van der Waals surface area contributed by atoms with Crippen LogP contribution < -0.4 is 5.32 Å². The van der Waals surface area contributed by atoms with Gasteiger partial charge in [-0.25, -0.2) is 4.68 Å². The lowest BCUT2D eigenvalue weighted by Crippen LogP contribution is -2.37. The van der Waals surface area contributed by atoms with Crippen molar-refractivity contribution in [1.29, 1.82) is 0 Å². The molecule has 1 aromatic rings. The normalized spacial score (nSPS) is 17.6. The van der Waals surface area contributed by atoms with Crippen LogP contribution >= 0.6 is 0 Å². The Bertz CT molecular complexity index is 463. The minimum atomic E-state index is -0.341. The molecule has 1 aliphatic rings. The highest BCUT2D eigenvalue weighted by Crippen LogP contribution is 2.29. The van der Waals surface area contributed by atoms with Crippen LogP contribution in [0.25, 0.3) is 0 Å². The Hall–Kier alpha value is -1.63. The van der Waals surface area contributed by atoms with Gasteiger partial charge in [0.15, 0.2) is 0 Å². The van der Waals surface area contributed by atoms with Gasteiger partial charge in [-0.2, -0.15) is 5.10 Å². The van der Waals surface area contributed by atoms with Gasteiger partial charge >= 0.3 is 5.69 Å². The van der Waals surface area contributed by atoms with Crippen molar-refractivity contribution >= 4 is 11.5 Å². The molecule has 1 aliphatic heterocycles. The van der Waals surface area contributed by atoms with E-state index in [0.29, 0.717) is 18.1 Å². The van der Waals surface area contributed by atoms with E-state index in [2.05, 4.69) is 22.4 Å². The maximum atomic E-state index is 11.2. The van der Waals surface area contributed by atoms with Crippen LogP contribution in [0.1, 0.15) is 25.5 Å². The summed E-state index contributed by atoms with van der Waals surface area (Å²) in [5.41, 5.74) is 0.586. The van der Waals surface area contributed by atoms with E-state index in [9.17, 15) is 10.1 Å². The fraction of sp³-hybridized carbons (Fsp3) is 0.750. The Balaban J connectivity index is 2.21. The molecule has 0 aromatic carbocycles. The molecule has 7 heteroatoms. The topological polar surface area (TPSA) is 76.2 Å². The van der Waals surface area contributed by atoms with Crippen molar-refractivity contribution in [1.82, 2.24) is 14.7 Å². The second-order valence-electron chi connectivity index (χ2n) is 5.08. The first kappa shape index (κ1) is 13.8. The fourth-order valence-electron chi connectivity index (χ4n) is 2.51. The van der Waals surface area contributed by atoms with Crippen LogP contribution in [0, 0.1) is 17.0 Å². The average Bonchev–Trinajstić information content (AvgIpc) is 2.68. The number of aromatic nitrogens is 2. The highest BCUT2D eigenvalue weighted by Gasteiger charge is 2.27. The maximum Gasteiger partial charge on any atom is 0.333 e. The van der Waals surface area contributed by atoms with Gasteiger partial charge in [0.2, 0.25) is 5.82 Å². The molecule has 2 rings (SSSR count). The minimum absolute atomic E-state index is 0.112. The molecule has 0 unspecified atom stereocenters. The quantitative estimate of drug-likeness (QED) is 0.662. The van der Waals surface area contributed by atoms with Crippen LogP contribution in [-0.2, 0) is 6.54 Å². The molecular formula is C12H21N5O2. The molecule has 1 N–H and O–H groups in total. The van der Waals surface area contributed by atoms with Crippen molar-refractivity contribution in [2.24, 2.45) is 0 Å². The molecule has 0 aliphatic carbocycles. The van der Waals surface area contributed by atoms with E-state index in [4.69, 9.17) is 0 Å². The van der Waals surface area contributed by atoms with Crippen LogP contribution in [0.5, 0.6) is 0 Å². The van der Waals surface area contributed by atoms with E-state index < -0.39 is 0 Å². The van der Waals surface area contributed by atoms with E-state index in [1.807, 2.05) is 6.92 Å². The summed E-state index contributed by atoms with van der Waals surface area (Å²) in [5, 5.41) is 18.7. The van der Waals surface area contributed by atoms with Gasteiger partial charge in [-0.05, 0) is 46.8 Å². The van der Waals surface area contributed by atoms with Crippen molar-refractivity contribution in [3.63, 3.8) is 0 Å². The lowest BCUT2D eigenvalue weighted by Gasteiger charge is -2.29. The molecule has 0 atom stereocenters. The third-order valence-corrected chi connectivity index (χ3v) is 3.64. The largest absolute Gasteiger partial charge is 0.362 e. The molecule has 2 heterocycles. The van der Waals surface area contributed by atoms with E-state index in [-0.39, 0.29) is 16.7 Å². The highest BCUT2D eigenvalue weighted by atomic mass is 16.6. The SMILES string of the molecule is CCn1nc(C)c([N+](=O)[O-])c1NC1CCN(C)CC1. The first-order valence-electron chi connectivity index (χ1n) is 6.69. The number of aryl methyl sites for hydroxylation is 2. The van der Waals surface area contributed by atoms with Gasteiger partial charge in [-0.15, -0.1) is 0 Å². The maximum absolute atomic E-state index is 11.2. The van der Waals surface area contributed by atoms with E-state index in [1.54, 1.807) is 11.6 Å². The van der Waals surface area contributed by atoms with Crippen molar-refractivity contribution in [2.45, 2.75) is 39.3 Å². The van der Waals surface area contributed by atoms with Crippen molar-refractivity contribution < 1.29 is 4.92 Å². The lowest BCUT2D eigenvalue weighted by atomic mass is 10.1. The Morgan fingerprint density at radius 3 is 2.63 bits per heavy atom. The number of likely N-dealkylation sites (tertiary alicyclic amines) is 1. The molecule has 19 heavy (non-hydrogen) atoms. The summed E-state index contributed by atoms with van der Waals surface area (Å²) >= 11 is 0. The van der Waals surface area contributed by atoms with Gasteiger partial charge in [0.25, 0.3) is 0 Å². The fourth-order valence-corrected chi connectivity index (χ4v) is 2.51. The summed E-state index contributed by atoms with van der Waals surface area (Å²) < 4.78 is 1.69. The molecule has 0 radical (unpaired) electrons. The van der Waals surface area contributed by atoms with Crippen molar-refractivity contribution in [2.75, 3.05) is 25.5 Å². The Labute approximate surface area is 112 Å². The third-order valence-electron chi connectivity index (χ3n) is 3.64. The van der Waals surface area contributed by atoms with E-state index in [0.717, 1.165) is 25.9 Å². The molecular weight excluding hydrogens is 246 g/mol. The number of anilines is 1. The van der Waals surface area contributed by atoms with Crippen molar-refractivity contribution in [3.8, 4) is 0 Å². The Morgan fingerprint density at radius 1 is 1.47 bits per heavy atom. The number of nitrogens with zero attached hydrogens (tertiary/aromatic N) is 4. The first-order valence-corrected chi connectivity index (χ1v) is 6.69. The highest BCUT2D eigenvalue weighted by molar-refractivity contribution is 5.60. The summed E-state index contributed by atoms with van der Waals surface area (Å²) in [6.07, 6.45) is 2.00. The van der Waals surface area contributed by atoms with Crippen LogP contribution in [0.3, 0.4) is 0 Å². The smallest absolute Gasteiger partial charge is 0.333 e. The number of hydrogen-bond acceptors (Lipinski definition) is 5. The average molecular weight is 267 g/mol. The van der Waals surface area contributed by atoms with Gasteiger partial charge in [0, 0.05) is 12.6 Å². The number of nitrogens with one attached hydrogen (secondary N) is 1. The Kier molecular flexibility index (Phi) is 4.04. The van der Waals surface area contributed by atoms with Gasteiger partial charge in [0.05, 0.1) is 4.92 Å². The number of piperidine rings is 1. The molecule has 106 valence electrons. The molecule has 1 aromatic heterocycles. The number of rotatable bonds is 4. The van der Waals surface area contributed by atoms with Gasteiger partial charge in [0.1, 0.15) is 5.69 Å². The molecule has 7 nitrogen and oxygen atoms in total. The van der Waals surface area contributed by atoms with Crippen LogP contribution in [0.4, 0.5) is 11.5 Å². The second-order valence-corrected chi connectivity index (χ2v) is 5.08. The van der Waals surface area contributed by atoms with Crippen LogP contribution in [-0.4, -0.2) is 45.8 Å². The zero-order chi connectivity index (χ0) is 14.0. The molecule has 1 fully saturated rings. The standard InChI is InChI=1S/C12H21N5O2/c1-4-16-12(11(17(18)19)9(2)14-16)13-10-5-7-15(3)8-6-10/h10,13H,4-8H2,1-3H3. The van der Waals surface area contributed by atoms with Gasteiger partial charge < -0.3 is 10.2 Å². The zero-order valence-electron chi connectivity index (χ0n) is 11.7. The predicted octanol–water partition coefficient (Wildman–Crippen LogP) is 1.63. The molecule has 0 amide bonds. The van der Waals surface area contributed by atoms with Crippen LogP contribution in [0.2, 0.25) is 0 Å². The summed E-state index contributed by atoms with van der Waals surface area (Å²) in [6.45, 7) is 6.29. The summed E-state index contributed by atoms with van der Waals surface area (Å²) in [4.78, 5) is 13.1. The Morgan fingerprint density at radius 2 is 2.11 bits per heavy atom. The number of nitro groups is 1. The minimum Gasteiger partial charge on any atom is -0.362 e. The first-order chi connectivity index (χ1) is 9.02. The summed E-state index contributed by atoms with van der Waals surface area (Å²) in [7, 11) is 2.10. The molecule has 1 saturated heterocycles. The molecule has 0 saturated carbocycles. The number of hydrogen-bond donors (Lipinski definition) is 1. The summed E-state index contributed by atoms with van der Waals surface area (Å²) in [6, 6.07) is 0.288. The second kappa shape index (κ2) is 5.56. The van der Waals surface area contributed by atoms with Crippen LogP contribution in [0.15, 0.2) is 0 Å². The molecule has 0 spiro atoms. The zero-order valence-corrected chi connectivity index (χ0v) is 11.7. The van der Waals surface area contributed by atoms with Gasteiger partial charge in [-0.1, -0.05) is 0 Å². The van der Waals surface area contributed by atoms with Gasteiger partial charge in [-0.3, -0.25) is 10.1 Å². The summed E-state index contributed by atoms with van der Waals surface area (Å²) in [5.74, 6) is 0.555. The van der Waals surface area contributed by atoms with E-state index in [1.165, 1.54) is 0 Å². The monoisotopic (exact) mass is 267 g/mol. The van der Waals surface area contributed by atoms with E-state index >= 15 is 0 Å². The third kappa shape index (κ3) is 2.86. The molecule has 0 bridgehead atoms. The lowest BCUT2D eigenvalue weighted by molar-refractivity contribution is -0.384. The van der Waals surface area contributed by atoms with Crippen molar-refractivity contribution in [3.05, 3.63) is 15.8 Å².